The Morgan fingerprint density at radius 1 is 1.02 bits per heavy atom. The van der Waals surface area contributed by atoms with E-state index in [0.717, 1.165) is 0 Å². The van der Waals surface area contributed by atoms with Crippen molar-refractivity contribution < 1.29 is 67.0 Å². The van der Waals surface area contributed by atoms with Gasteiger partial charge in [-0.25, -0.2) is 4.79 Å². The highest BCUT2D eigenvalue weighted by molar-refractivity contribution is 6.31. The zero-order valence-electron chi connectivity index (χ0n) is 26.5. The summed E-state index contributed by atoms with van der Waals surface area (Å²) in [6.45, 7) is 0.580. The predicted molar refractivity (Wildman–Crippen MR) is 170 cm³/mol. The number of alkyl halides is 3. The van der Waals surface area contributed by atoms with Crippen LogP contribution < -0.4 is 10.6 Å². The number of nitrogens with one attached hydrogen (secondary N) is 2. The van der Waals surface area contributed by atoms with Gasteiger partial charge in [0.2, 0.25) is 0 Å². The number of benzene rings is 3. The van der Waals surface area contributed by atoms with E-state index in [0.29, 0.717) is 10.7 Å². The average Bonchev–Trinajstić information content (AvgIpc) is 3.07. The number of halogens is 4. The van der Waals surface area contributed by atoms with Crippen molar-refractivity contribution in [1.29, 1.82) is 0 Å². The van der Waals surface area contributed by atoms with Gasteiger partial charge in [0.25, 0.3) is 0 Å². The number of hydrogen-bond acceptors (Lipinski definition) is 11. The molecular weight excluding hydrogens is 705 g/mol. The fourth-order valence-corrected chi connectivity index (χ4v) is 6.71. The lowest BCUT2D eigenvalue weighted by atomic mass is 9.73. The minimum Gasteiger partial charge on any atom is -0.507 e. The molecule has 6 atom stereocenters. The summed E-state index contributed by atoms with van der Waals surface area (Å²) in [6.07, 6.45) is -13.6. The summed E-state index contributed by atoms with van der Waals surface area (Å²) in [5.41, 5.74) is -3.38. The molecule has 0 bridgehead atoms. The Morgan fingerprint density at radius 2 is 1.63 bits per heavy atom. The van der Waals surface area contributed by atoms with Gasteiger partial charge in [-0.2, -0.15) is 13.2 Å². The van der Waals surface area contributed by atoms with E-state index in [1.807, 2.05) is 0 Å². The van der Waals surface area contributed by atoms with E-state index in [9.17, 15) is 52.8 Å². The Hall–Kier alpha value is -4.74. The molecule has 2 aliphatic carbocycles. The second-order valence-corrected chi connectivity index (χ2v) is 13.0. The summed E-state index contributed by atoms with van der Waals surface area (Å²) >= 11 is 5.88. The number of aromatic hydroxyl groups is 2. The van der Waals surface area contributed by atoms with Crippen LogP contribution in [-0.2, 0) is 25.4 Å². The van der Waals surface area contributed by atoms with Crippen molar-refractivity contribution >= 4 is 40.9 Å². The van der Waals surface area contributed by atoms with Crippen LogP contribution in [0.5, 0.6) is 11.5 Å². The van der Waals surface area contributed by atoms with Gasteiger partial charge in [-0.15, -0.1) is 0 Å². The molecule has 1 aliphatic heterocycles. The van der Waals surface area contributed by atoms with Crippen LogP contribution in [-0.4, -0.2) is 86.9 Å². The second-order valence-electron chi connectivity index (χ2n) is 12.6. The molecule has 3 aromatic carbocycles. The Balaban J connectivity index is 1.35. The van der Waals surface area contributed by atoms with Gasteiger partial charge < -0.3 is 40.0 Å². The van der Waals surface area contributed by atoms with Crippen LogP contribution in [0.4, 0.5) is 23.7 Å². The molecule has 0 aromatic heterocycles. The number of anilines is 1. The van der Waals surface area contributed by atoms with Crippen molar-refractivity contribution in [3.8, 4) is 11.5 Å². The molecule has 0 radical (unpaired) electrons. The van der Waals surface area contributed by atoms with Crippen LogP contribution in [0, 0.1) is 0 Å². The van der Waals surface area contributed by atoms with Crippen LogP contribution in [0.1, 0.15) is 68.8 Å². The third-order valence-electron chi connectivity index (χ3n) is 9.01. The van der Waals surface area contributed by atoms with E-state index in [1.54, 1.807) is 5.32 Å². The summed E-state index contributed by atoms with van der Waals surface area (Å²) in [7, 11) is 0. The number of carbonyl (C=O) groups excluding carboxylic acids is 4. The molecule has 0 saturated carbocycles. The molecule has 51 heavy (non-hydrogen) atoms. The molecule has 3 aliphatic rings. The fourth-order valence-electron chi connectivity index (χ4n) is 6.59. The smallest absolute Gasteiger partial charge is 0.471 e. The van der Waals surface area contributed by atoms with Crippen LogP contribution in [0.25, 0.3) is 0 Å². The summed E-state index contributed by atoms with van der Waals surface area (Å²) in [5.74, 6) is -5.42. The highest BCUT2D eigenvalue weighted by Crippen LogP contribution is 2.52. The minimum atomic E-state index is -5.26. The number of ketones is 2. The fraction of sp³-hybridized carbons (Fsp3) is 0.353. The lowest BCUT2D eigenvalue weighted by Crippen LogP contribution is -2.57. The van der Waals surface area contributed by atoms with Crippen LogP contribution >= 0.6 is 11.6 Å². The number of carbonyl (C=O) groups is 4. The predicted octanol–water partition coefficient (Wildman–Crippen LogP) is 4.05. The first-order chi connectivity index (χ1) is 24.0. The van der Waals surface area contributed by atoms with Gasteiger partial charge in [0.1, 0.15) is 29.8 Å². The molecule has 3 aromatic rings. The van der Waals surface area contributed by atoms with Crippen molar-refractivity contribution in [1.82, 2.24) is 5.32 Å². The van der Waals surface area contributed by atoms with E-state index < -0.39 is 114 Å². The zero-order valence-corrected chi connectivity index (χ0v) is 27.2. The van der Waals surface area contributed by atoms with Crippen molar-refractivity contribution in [3.63, 3.8) is 0 Å². The standard InChI is InChI=1S/C34H30ClF3N2O11/c1-14-26(41)20(40-31(46)34(36,37)38)10-22(50-14)51-21-12-33(48,13-49-32(47)39-16-8-6-15(35)7-9-16)11-19-23(21)30(45)25-24(29(19)44)27(42)17-4-2-3-5-18(17)28(25)43/h2-9,14,20-22,26,41,44-45,48H,10-13H2,1H3,(H,39,47)(H,40,46)/t14-,20-,21-,22-,26+,33-/m0/s1. The molecule has 6 rings (SSSR count). The minimum absolute atomic E-state index is 0.0409. The SMILES string of the molecule is C[C@@H]1O[C@@H](O[C@H]2C[C@](O)(COC(=O)Nc3ccc(Cl)cc3)Cc3c(O)c4c(c(O)c32)C(=O)c2ccccc2C4=O)C[C@H](NC(=O)C(F)(F)F)[C@@H]1O. The number of phenols is 2. The number of rotatable bonds is 6. The summed E-state index contributed by atoms with van der Waals surface area (Å²) in [6, 6.07) is 10.2. The molecule has 13 nitrogen and oxygen atoms in total. The van der Waals surface area contributed by atoms with Gasteiger partial charge in [-0.05, 0) is 31.2 Å². The van der Waals surface area contributed by atoms with E-state index in [1.165, 1.54) is 55.5 Å². The first-order valence-electron chi connectivity index (χ1n) is 15.5. The summed E-state index contributed by atoms with van der Waals surface area (Å²) in [4.78, 5) is 51.6. The average molecular weight is 735 g/mol. The van der Waals surface area contributed by atoms with E-state index in [4.69, 9.17) is 25.8 Å². The summed E-state index contributed by atoms with van der Waals surface area (Å²) < 4.78 is 56.2. The molecule has 17 heteroatoms. The zero-order chi connectivity index (χ0) is 37.0. The molecule has 270 valence electrons. The number of hydrogen-bond donors (Lipinski definition) is 6. The number of phenolic OH excluding ortho intramolecular Hbond substituents is 2. The van der Waals surface area contributed by atoms with Crippen molar-refractivity contribution in [3.05, 3.63) is 86.9 Å². The van der Waals surface area contributed by atoms with Crippen molar-refractivity contribution in [2.75, 3.05) is 11.9 Å². The Morgan fingerprint density at radius 3 is 2.24 bits per heavy atom. The molecule has 0 unspecified atom stereocenters. The highest BCUT2D eigenvalue weighted by atomic mass is 35.5. The van der Waals surface area contributed by atoms with Gasteiger partial charge in [-0.3, -0.25) is 19.7 Å². The molecule has 6 N–H and O–H groups in total. The van der Waals surface area contributed by atoms with Gasteiger partial charge in [-0.1, -0.05) is 35.9 Å². The van der Waals surface area contributed by atoms with Gasteiger partial charge >= 0.3 is 18.2 Å². The molecule has 1 heterocycles. The number of aliphatic hydroxyl groups is 2. The number of fused-ring (bicyclic) bond motifs is 3. The molecule has 1 saturated heterocycles. The maximum Gasteiger partial charge on any atom is 0.471 e. The molecule has 1 fully saturated rings. The largest absolute Gasteiger partial charge is 0.507 e. The Bertz CT molecular complexity index is 1920. The van der Waals surface area contributed by atoms with Gasteiger partial charge in [0.05, 0.1) is 29.4 Å². The first kappa shape index (κ1) is 36.1. The Kier molecular flexibility index (Phi) is 9.49. The lowest BCUT2D eigenvalue weighted by Gasteiger charge is -2.43. The third-order valence-corrected chi connectivity index (χ3v) is 9.26. The number of amides is 2. The number of ether oxygens (including phenoxy) is 3. The maximum absolute atomic E-state index is 13.6. The molecule has 0 spiro atoms. The van der Waals surface area contributed by atoms with E-state index >= 15 is 0 Å². The van der Waals surface area contributed by atoms with Crippen LogP contribution in [0.15, 0.2) is 48.5 Å². The van der Waals surface area contributed by atoms with Crippen LogP contribution in [0.2, 0.25) is 5.02 Å². The van der Waals surface area contributed by atoms with Gasteiger partial charge in [0.15, 0.2) is 17.9 Å². The second kappa shape index (κ2) is 13.4. The normalized spacial score (nSPS) is 25.7. The number of aliphatic hydroxyl groups excluding tert-OH is 1. The van der Waals surface area contributed by atoms with E-state index in [-0.39, 0.29) is 22.3 Å². The van der Waals surface area contributed by atoms with Gasteiger partial charge in [0, 0.05) is 52.2 Å². The quantitative estimate of drug-likeness (QED) is 0.156. The highest BCUT2D eigenvalue weighted by Gasteiger charge is 2.49. The molecule has 2 amide bonds. The monoisotopic (exact) mass is 734 g/mol. The van der Waals surface area contributed by atoms with Crippen molar-refractivity contribution in [2.45, 2.75) is 68.6 Å². The van der Waals surface area contributed by atoms with Crippen LogP contribution in [0.3, 0.4) is 0 Å². The summed E-state index contributed by atoms with van der Waals surface area (Å²) in [5, 5.41) is 50.1. The lowest BCUT2D eigenvalue weighted by molar-refractivity contribution is -0.252. The molecular formula is C34H30ClF3N2O11. The topological polar surface area (TPSA) is 201 Å². The van der Waals surface area contributed by atoms with Crippen molar-refractivity contribution in [2.24, 2.45) is 0 Å². The maximum atomic E-state index is 13.6. The first-order valence-corrected chi connectivity index (χ1v) is 15.9. The third kappa shape index (κ3) is 6.97. The van der Waals surface area contributed by atoms with E-state index in [2.05, 4.69) is 5.32 Å². The Labute approximate surface area is 291 Å².